The van der Waals surface area contributed by atoms with E-state index in [0.717, 1.165) is 6.42 Å². The molecule has 2 unspecified atom stereocenters. The van der Waals surface area contributed by atoms with Gasteiger partial charge in [0, 0.05) is 11.8 Å². The molecule has 0 fully saturated rings. The minimum Gasteiger partial charge on any atom is -0.481 e. The maximum absolute atomic E-state index is 13.1. The van der Waals surface area contributed by atoms with Gasteiger partial charge in [-0.3, -0.25) is 14.4 Å². The summed E-state index contributed by atoms with van der Waals surface area (Å²) in [5, 5.41) is 18.9. The predicted molar refractivity (Wildman–Crippen MR) is 120 cm³/mol. The van der Waals surface area contributed by atoms with Gasteiger partial charge in [0.2, 0.25) is 0 Å². The summed E-state index contributed by atoms with van der Waals surface area (Å²) in [6.45, 7) is 8.19. The SMILES string of the molecule is CCC(C)(CC(C)(CC(C)(C)C(=O)OCCO)C(=O)O)C(=O)CCCc1ccccc1. The lowest BCUT2D eigenvalue weighted by atomic mass is 9.63. The monoisotopic (exact) mass is 434 g/mol. The molecule has 2 atom stereocenters. The number of aliphatic hydroxyl groups excluding tert-OH is 1. The molecule has 6 heteroatoms. The van der Waals surface area contributed by atoms with Crippen LogP contribution in [0, 0.1) is 16.2 Å². The van der Waals surface area contributed by atoms with Crippen LogP contribution in [0.25, 0.3) is 0 Å². The number of aliphatic hydroxyl groups is 1. The van der Waals surface area contributed by atoms with E-state index in [1.807, 2.05) is 44.2 Å². The van der Waals surface area contributed by atoms with E-state index in [1.165, 1.54) is 5.56 Å². The summed E-state index contributed by atoms with van der Waals surface area (Å²) in [5.41, 5.74) is -1.96. The summed E-state index contributed by atoms with van der Waals surface area (Å²) in [7, 11) is 0. The first-order valence-electron chi connectivity index (χ1n) is 11.0. The number of aliphatic carboxylic acids is 1. The summed E-state index contributed by atoms with van der Waals surface area (Å²) in [6.07, 6.45) is 2.60. The van der Waals surface area contributed by atoms with Crippen LogP contribution in [0.15, 0.2) is 30.3 Å². The lowest BCUT2D eigenvalue weighted by molar-refractivity contribution is -0.162. The Morgan fingerprint density at radius 1 is 0.968 bits per heavy atom. The summed E-state index contributed by atoms with van der Waals surface area (Å²) in [6, 6.07) is 9.96. The van der Waals surface area contributed by atoms with E-state index < -0.39 is 28.2 Å². The largest absolute Gasteiger partial charge is 0.481 e. The van der Waals surface area contributed by atoms with E-state index in [9.17, 15) is 19.5 Å². The molecule has 0 aliphatic carbocycles. The van der Waals surface area contributed by atoms with Crippen molar-refractivity contribution in [2.45, 2.75) is 73.1 Å². The van der Waals surface area contributed by atoms with Gasteiger partial charge in [-0.05, 0) is 58.4 Å². The molecule has 0 saturated heterocycles. The highest BCUT2D eigenvalue weighted by Gasteiger charge is 2.48. The average molecular weight is 435 g/mol. The van der Waals surface area contributed by atoms with E-state index in [4.69, 9.17) is 9.84 Å². The predicted octanol–water partition coefficient (Wildman–Crippen LogP) is 4.43. The second kappa shape index (κ2) is 11.4. The van der Waals surface area contributed by atoms with Crippen molar-refractivity contribution in [1.82, 2.24) is 0 Å². The Morgan fingerprint density at radius 3 is 2.10 bits per heavy atom. The molecule has 0 radical (unpaired) electrons. The Balaban J connectivity index is 2.90. The first kappa shape index (κ1) is 26.8. The van der Waals surface area contributed by atoms with Crippen molar-refractivity contribution in [2.75, 3.05) is 13.2 Å². The lowest BCUT2D eigenvalue weighted by Crippen LogP contribution is -2.43. The molecule has 0 spiro atoms. The van der Waals surface area contributed by atoms with Crippen LogP contribution >= 0.6 is 0 Å². The van der Waals surface area contributed by atoms with Crippen LogP contribution < -0.4 is 0 Å². The third-order valence-corrected chi connectivity index (χ3v) is 6.17. The first-order valence-corrected chi connectivity index (χ1v) is 11.0. The van der Waals surface area contributed by atoms with E-state index in [1.54, 1.807) is 20.8 Å². The van der Waals surface area contributed by atoms with Gasteiger partial charge in [-0.1, -0.05) is 44.2 Å². The maximum Gasteiger partial charge on any atom is 0.311 e. The number of benzene rings is 1. The number of hydrogen-bond donors (Lipinski definition) is 2. The van der Waals surface area contributed by atoms with Gasteiger partial charge in [0.1, 0.15) is 12.4 Å². The molecule has 1 rings (SSSR count). The Morgan fingerprint density at radius 2 is 1.58 bits per heavy atom. The number of carboxylic acid groups (broad SMARTS) is 1. The Kier molecular flexibility index (Phi) is 9.88. The highest BCUT2D eigenvalue weighted by atomic mass is 16.5. The van der Waals surface area contributed by atoms with Crippen molar-refractivity contribution in [1.29, 1.82) is 0 Å². The van der Waals surface area contributed by atoms with E-state index >= 15 is 0 Å². The van der Waals surface area contributed by atoms with E-state index in [-0.39, 0.29) is 31.8 Å². The number of carbonyl (C=O) groups is 3. The zero-order valence-electron chi connectivity index (χ0n) is 19.6. The van der Waals surface area contributed by atoms with Crippen LogP contribution in [-0.4, -0.2) is 41.1 Å². The first-order chi connectivity index (χ1) is 14.4. The molecule has 0 bridgehead atoms. The summed E-state index contributed by atoms with van der Waals surface area (Å²) >= 11 is 0. The number of Topliss-reactive ketones (excluding diaryl/α,β-unsaturated/α-hetero) is 1. The second-order valence-electron chi connectivity index (χ2n) is 9.64. The molecule has 6 nitrogen and oxygen atoms in total. The molecule has 174 valence electrons. The highest BCUT2D eigenvalue weighted by Crippen LogP contribution is 2.45. The molecule has 0 heterocycles. The fourth-order valence-corrected chi connectivity index (χ4v) is 4.28. The molecule has 0 saturated carbocycles. The van der Waals surface area contributed by atoms with E-state index in [0.29, 0.717) is 19.3 Å². The minimum atomic E-state index is -1.28. The van der Waals surface area contributed by atoms with Gasteiger partial charge in [0.25, 0.3) is 0 Å². The summed E-state index contributed by atoms with van der Waals surface area (Å²) in [4.78, 5) is 37.7. The molecule has 0 aromatic heterocycles. The fourth-order valence-electron chi connectivity index (χ4n) is 4.28. The van der Waals surface area contributed by atoms with Gasteiger partial charge < -0.3 is 14.9 Å². The number of esters is 1. The summed E-state index contributed by atoms with van der Waals surface area (Å²) in [5.74, 6) is -1.53. The van der Waals surface area contributed by atoms with Crippen molar-refractivity contribution in [2.24, 2.45) is 16.2 Å². The van der Waals surface area contributed by atoms with E-state index in [2.05, 4.69) is 0 Å². The zero-order chi connectivity index (χ0) is 23.7. The van der Waals surface area contributed by atoms with Gasteiger partial charge in [-0.15, -0.1) is 0 Å². The Bertz CT molecular complexity index is 742. The number of ketones is 1. The van der Waals surface area contributed by atoms with Crippen LogP contribution in [0.3, 0.4) is 0 Å². The van der Waals surface area contributed by atoms with Gasteiger partial charge in [0.15, 0.2) is 0 Å². The van der Waals surface area contributed by atoms with Crippen LogP contribution in [0.2, 0.25) is 0 Å². The highest BCUT2D eigenvalue weighted by molar-refractivity contribution is 5.86. The molecule has 0 amide bonds. The zero-order valence-corrected chi connectivity index (χ0v) is 19.6. The topological polar surface area (TPSA) is 101 Å². The van der Waals surface area contributed by atoms with Crippen molar-refractivity contribution in [3.05, 3.63) is 35.9 Å². The third-order valence-electron chi connectivity index (χ3n) is 6.17. The van der Waals surface area contributed by atoms with Gasteiger partial charge in [-0.25, -0.2) is 0 Å². The molecule has 0 aliphatic rings. The van der Waals surface area contributed by atoms with Crippen LogP contribution in [0.1, 0.15) is 72.3 Å². The van der Waals surface area contributed by atoms with Crippen molar-refractivity contribution in [3.63, 3.8) is 0 Å². The maximum atomic E-state index is 13.1. The number of hydrogen-bond acceptors (Lipinski definition) is 5. The second-order valence-corrected chi connectivity index (χ2v) is 9.64. The lowest BCUT2D eigenvalue weighted by Gasteiger charge is -2.39. The van der Waals surface area contributed by atoms with Crippen LogP contribution in [0.4, 0.5) is 0 Å². The molecule has 1 aromatic carbocycles. The van der Waals surface area contributed by atoms with Crippen molar-refractivity contribution >= 4 is 17.7 Å². The van der Waals surface area contributed by atoms with Crippen LogP contribution in [0.5, 0.6) is 0 Å². The third kappa shape index (κ3) is 7.76. The fraction of sp³-hybridized carbons (Fsp3) is 0.640. The molecule has 1 aromatic rings. The van der Waals surface area contributed by atoms with Gasteiger partial charge >= 0.3 is 11.9 Å². The number of carbonyl (C=O) groups excluding carboxylic acids is 2. The van der Waals surface area contributed by atoms with Crippen LogP contribution in [-0.2, 0) is 25.5 Å². The molecule has 31 heavy (non-hydrogen) atoms. The quantitative estimate of drug-likeness (QED) is 0.420. The summed E-state index contributed by atoms with van der Waals surface area (Å²) < 4.78 is 5.03. The van der Waals surface area contributed by atoms with Gasteiger partial charge in [-0.2, -0.15) is 0 Å². The average Bonchev–Trinajstić information content (AvgIpc) is 2.71. The number of aryl methyl sites for hydroxylation is 1. The number of carboxylic acids is 1. The number of rotatable bonds is 14. The Labute approximate surface area is 186 Å². The smallest absolute Gasteiger partial charge is 0.311 e. The minimum absolute atomic E-state index is 0.0342. The molecule has 2 N–H and O–H groups in total. The molecular weight excluding hydrogens is 396 g/mol. The van der Waals surface area contributed by atoms with Gasteiger partial charge in [0.05, 0.1) is 17.4 Å². The number of ether oxygens (including phenoxy) is 1. The standard InChI is InChI=1S/C25H38O6/c1-6-24(4,20(27)14-10-13-19-11-8-7-9-12-19)18-25(5,21(28)29)17-23(2,3)22(30)31-16-15-26/h7-9,11-12,26H,6,10,13-18H2,1-5H3,(H,28,29). The van der Waals surface area contributed by atoms with Crippen molar-refractivity contribution in [3.8, 4) is 0 Å². The molecular formula is C25H38O6. The molecule has 0 aliphatic heterocycles. The Hall–Kier alpha value is -2.21. The normalized spacial score (nSPS) is 15.5. The van der Waals surface area contributed by atoms with Crippen molar-refractivity contribution < 1.29 is 29.3 Å².